The Morgan fingerprint density at radius 3 is 2.38 bits per heavy atom. The zero-order chi connectivity index (χ0) is 18.7. The second kappa shape index (κ2) is 7.95. The van der Waals surface area contributed by atoms with Crippen LogP contribution in [0.4, 0.5) is 0 Å². The van der Waals surface area contributed by atoms with Gasteiger partial charge in [0.1, 0.15) is 12.4 Å². The van der Waals surface area contributed by atoms with Crippen LogP contribution in [0.1, 0.15) is 22.3 Å². The Labute approximate surface area is 157 Å². The molecule has 0 unspecified atom stereocenters. The van der Waals surface area contributed by atoms with Gasteiger partial charge in [-0.1, -0.05) is 18.2 Å². The van der Waals surface area contributed by atoms with Gasteiger partial charge >= 0.3 is 5.97 Å². The van der Waals surface area contributed by atoms with Crippen LogP contribution < -0.4 is 4.74 Å². The van der Waals surface area contributed by atoms with E-state index in [1.807, 2.05) is 50.2 Å². The lowest BCUT2D eigenvalue weighted by Gasteiger charge is -2.10. The number of ether oxygens (including phenoxy) is 2. The van der Waals surface area contributed by atoms with Gasteiger partial charge < -0.3 is 9.47 Å². The summed E-state index contributed by atoms with van der Waals surface area (Å²) in [5, 5.41) is 0. The van der Waals surface area contributed by atoms with Gasteiger partial charge in [0.25, 0.3) is 0 Å². The molecule has 26 heavy (non-hydrogen) atoms. The van der Waals surface area contributed by atoms with Gasteiger partial charge in [-0.2, -0.15) is 4.33 Å². The molecule has 5 nitrogen and oxygen atoms in total. The number of carbonyl (C=O) groups is 1. The Kier molecular flexibility index (Phi) is 5.66. The number of methoxy groups -OCH3 is 1. The SMILES string of the molecule is COOSc1ccc(C2=C(c3ccc(OC)c(C)c3)C(=O)OC2)cc1C. The molecule has 0 bridgehead atoms. The summed E-state index contributed by atoms with van der Waals surface area (Å²) < 4.78 is 15.6. The Balaban J connectivity index is 2.02. The topological polar surface area (TPSA) is 54.0 Å². The lowest BCUT2D eigenvalue weighted by Crippen LogP contribution is -1.99. The van der Waals surface area contributed by atoms with E-state index in [4.69, 9.17) is 13.8 Å². The molecule has 6 heteroatoms. The molecule has 0 spiro atoms. The quantitative estimate of drug-likeness (QED) is 0.325. The summed E-state index contributed by atoms with van der Waals surface area (Å²) in [4.78, 5) is 17.9. The van der Waals surface area contributed by atoms with Crippen molar-refractivity contribution in [2.75, 3.05) is 20.8 Å². The summed E-state index contributed by atoms with van der Waals surface area (Å²) in [7, 11) is 3.10. The standard InChI is InChI=1S/C20H20O5S/c1-12-9-15(5-7-17(12)22-3)19-16(11-24-20(19)21)14-6-8-18(13(2)10-14)26-25-23-4/h5-10H,11H2,1-4H3. The fourth-order valence-electron chi connectivity index (χ4n) is 2.96. The van der Waals surface area contributed by atoms with Crippen LogP contribution in [0.2, 0.25) is 0 Å². The van der Waals surface area contributed by atoms with E-state index in [9.17, 15) is 4.79 Å². The maximum Gasteiger partial charge on any atom is 0.339 e. The number of aryl methyl sites for hydroxylation is 2. The number of cyclic esters (lactones) is 1. The molecule has 0 aromatic heterocycles. The second-order valence-electron chi connectivity index (χ2n) is 5.91. The Bertz CT molecular complexity index is 873. The first-order valence-electron chi connectivity index (χ1n) is 8.08. The van der Waals surface area contributed by atoms with Crippen molar-refractivity contribution in [2.45, 2.75) is 18.7 Å². The van der Waals surface area contributed by atoms with Gasteiger partial charge in [-0.3, -0.25) is 0 Å². The number of esters is 1. The van der Waals surface area contributed by atoms with Gasteiger partial charge in [0, 0.05) is 10.5 Å². The molecule has 2 aromatic carbocycles. The molecule has 0 saturated heterocycles. The van der Waals surface area contributed by atoms with E-state index in [0.29, 0.717) is 5.57 Å². The van der Waals surface area contributed by atoms with Gasteiger partial charge in [-0.25, -0.2) is 9.68 Å². The molecule has 0 fully saturated rings. The fourth-order valence-corrected chi connectivity index (χ4v) is 3.42. The van der Waals surface area contributed by atoms with Gasteiger partial charge in [-0.05, 0) is 54.3 Å². The van der Waals surface area contributed by atoms with E-state index in [2.05, 4.69) is 4.89 Å². The molecule has 136 valence electrons. The minimum absolute atomic E-state index is 0.264. The molecular formula is C20H20O5S. The van der Waals surface area contributed by atoms with Crippen molar-refractivity contribution in [2.24, 2.45) is 0 Å². The third-order valence-corrected chi connectivity index (χ3v) is 5.09. The van der Waals surface area contributed by atoms with Crippen molar-refractivity contribution in [1.29, 1.82) is 0 Å². The number of benzene rings is 2. The van der Waals surface area contributed by atoms with Crippen LogP contribution in [0.25, 0.3) is 11.1 Å². The van der Waals surface area contributed by atoms with Crippen LogP contribution in [0.15, 0.2) is 41.3 Å². The molecule has 2 aromatic rings. The first kappa shape index (κ1) is 18.5. The summed E-state index contributed by atoms with van der Waals surface area (Å²) in [6, 6.07) is 11.6. The van der Waals surface area contributed by atoms with Crippen LogP contribution in [0.3, 0.4) is 0 Å². The van der Waals surface area contributed by atoms with Crippen molar-refractivity contribution >= 4 is 29.2 Å². The Hall–Kier alpha value is -2.28. The number of hydrogen-bond acceptors (Lipinski definition) is 6. The Morgan fingerprint density at radius 2 is 1.73 bits per heavy atom. The van der Waals surface area contributed by atoms with Crippen molar-refractivity contribution in [3.05, 3.63) is 58.7 Å². The summed E-state index contributed by atoms with van der Waals surface area (Å²) in [5.74, 6) is 0.487. The van der Waals surface area contributed by atoms with Gasteiger partial charge in [-0.15, -0.1) is 0 Å². The monoisotopic (exact) mass is 372 g/mol. The third-order valence-electron chi connectivity index (χ3n) is 4.25. The van der Waals surface area contributed by atoms with Gasteiger partial charge in [0.15, 0.2) is 0 Å². The van der Waals surface area contributed by atoms with Crippen molar-refractivity contribution < 1.29 is 23.5 Å². The molecule has 0 N–H and O–H groups in total. The zero-order valence-electron chi connectivity index (χ0n) is 15.1. The van der Waals surface area contributed by atoms with Crippen molar-refractivity contribution in [1.82, 2.24) is 0 Å². The van der Waals surface area contributed by atoms with E-state index in [1.54, 1.807) is 7.11 Å². The highest BCUT2D eigenvalue weighted by Crippen LogP contribution is 2.36. The second-order valence-corrected chi connectivity index (χ2v) is 6.65. The smallest absolute Gasteiger partial charge is 0.339 e. The molecule has 1 aliphatic rings. The fraction of sp³-hybridized carbons (Fsp3) is 0.250. The van der Waals surface area contributed by atoms with E-state index in [-0.39, 0.29) is 12.6 Å². The molecule has 0 radical (unpaired) electrons. The number of hydrogen-bond donors (Lipinski definition) is 0. The molecule has 0 atom stereocenters. The lowest BCUT2D eigenvalue weighted by molar-refractivity contribution is -0.160. The Morgan fingerprint density at radius 1 is 1.00 bits per heavy atom. The summed E-state index contributed by atoms with van der Waals surface area (Å²) >= 11 is 1.15. The van der Waals surface area contributed by atoms with Crippen LogP contribution in [0.5, 0.6) is 5.75 Å². The van der Waals surface area contributed by atoms with Crippen LogP contribution in [-0.4, -0.2) is 26.8 Å². The summed E-state index contributed by atoms with van der Waals surface area (Å²) in [6.07, 6.45) is 0. The minimum Gasteiger partial charge on any atom is -0.496 e. The minimum atomic E-state index is -0.302. The average molecular weight is 372 g/mol. The maximum absolute atomic E-state index is 12.4. The summed E-state index contributed by atoms with van der Waals surface area (Å²) in [6.45, 7) is 4.20. The molecule has 1 aliphatic heterocycles. The highest BCUT2D eigenvalue weighted by atomic mass is 32.2. The third kappa shape index (κ3) is 3.62. The summed E-state index contributed by atoms with van der Waals surface area (Å²) in [5.41, 5.74) is 5.27. The van der Waals surface area contributed by atoms with Gasteiger partial charge in [0.05, 0.1) is 31.8 Å². The van der Waals surface area contributed by atoms with Crippen LogP contribution in [0, 0.1) is 13.8 Å². The molecule has 3 rings (SSSR count). The van der Waals surface area contributed by atoms with E-state index in [1.165, 1.54) is 7.11 Å². The van der Waals surface area contributed by atoms with Crippen LogP contribution in [-0.2, 0) is 18.8 Å². The number of rotatable bonds is 6. The van der Waals surface area contributed by atoms with Crippen molar-refractivity contribution in [3.8, 4) is 5.75 Å². The zero-order valence-corrected chi connectivity index (χ0v) is 15.9. The predicted molar refractivity (Wildman–Crippen MR) is 101 cm³/mol. The molecule has 0 saturated carbocycles. The molecular weight excluding hydrogens is 352 g/mol. The van der Waals surface area contributed by atoms with E-state index in [0.717, 1.165) is 50.5 Å². The molecule has 0 amide bonds. The number of carbonyl (C=O) groups excluding carboxylic acids is 1. The van der Waals surface area contributed by atoms with Crippen LogP contribution >= 0.6 is 12.0 Å². The molecule has 1 heterocycles. The molecule has 0 aliphatic carbocycles. The lowest BCUT2D eigenvalue weighted by atomic mass is 9.95. The largest absolute Gasteiger partial charge is 0.496 e. The maximum atomic E-state index is 12.4. The first-order valence-corrected chi connectivity index (χ1v) is 8.83. The highest BCUT2D eigenvalue weighted by Gasteiger charge is 2.27. The van der Waals surface area contributed by atoms with Crippen molar-refractivity contribution in [3.63, 3.8) is 0 Å². The highest BCUT2D eigenvalue weighted by molar-refractivity contribution is 7.94. The van der Waals surface area contributed by atoms with E-state index < -0.39 is 0 Å². The van der Waals surface area contributed by atoms with Gasteiger partial charge in [0.2, 0.25) is 0 Å². The predicted octanol–water partition coefficient (Wildman–Crippen LogP) is 4.36. The first-order chi connectivity index (χ1) is 12.5. The van der Waals surface area contributed by atoms with E-state index >= 15 is 0 Å². The average Bonchev–Trinajstić information content (AvgIpc) is 3.02. The normalized spacial score (nSPS) is 13.9.